The third-order valence-electron chi connectivity index (χ3n) is 9.05. The van der Waals surface area contributed by atoms with Crippen molar-refractivity contribution in [1.82, 2.24) is 9.80 Å². The maximum atomic E-state index is 11.6. The van der Waals surface area contributed by atoms with E-state index in [4.69, 9.17) is 18.9 Å². The van der Waals surface area contributed by atoms with Crippen molar-refractivity contribution < 1.29 is 29.2 Å². The fraction of sp³-hybridized carbons (Fsp3) is 0.552. The highest BCUT2D eigenvalue weighted by Crippen LogP contribution is 2.59. The maximum Gasteiger partial charge on any atom is 0.167 e. The molecule has 3 aliphatic rings. The number of rotatable bonds is 5. The van der Waals surface area contributed by atoms with E-state index in [2.05, 4.69) is 22.8 Å². The minimum Gasteiger partial charge on any atom is -0.504 e. The second-order valence-corrected chi connectivity index (χ2v) is 10.5. The van der Waals surface area contributed by atoms with E-state index in [1.54, 1.807) is 28.4 Å². The first-order valence-corrected chi connectivity index (χ1v) is 13.0. The number of fused-ring (bicyclic) bond motifs is 7. The van der Waals surface area contributed by atoms with E-state index in [1.165, 1.54) is 0 Å². The summed E-state index contributed by atoms with van der Waals surface area (Å²) in [6.45, 7) is 5.83. The van der Waals surface area contributed by atoms with Crippen molar-refractivity contribution in [3.05, 3.63) is 33.4 Å². The SMILES string of the molecule is CC[C@H]1c2c(O)c(OC)c(C)c(OC)c2C[C@H]2[C@H]3c4c(O)c(OC)c(C)c(OC)c4C[C@@H]([C@H](C#N)N12)N3C. The third kappa shape index (κ3) is 3.23. The Hall–Kier alpha value is -3.35. The lowest BCUT2D eigenvalue weighted by molar-refractivity contribution is -0.0740. The Morgan fingerprint density at radius 1 is 0.816 bits per heavy atom. The van der Waals surface area contributed by atoms with Gasteiger partial charge in [0.25, 0.3) is 0 Å². The van der Waals surface area contributed by atoms with E-state index in [-0.39, 0.29) is 35.7 Å². The predicted octanol–water partition coefficient (Wildman–Crippen LogP) is 3.93. The van der Waals surface area contributed by atoms with E-state index >= 15 is 0 Å². The van der Waals surface area contributed by atoms with Crippen LogP contribution in [0.15, 0.2) is 0 Å². The Bertz CT molecular complexity index is 1340. The van der Waals surface area contributed by atoms with Gasteiger partial charge in [0.05, 0.1) is 40.6 Å². The number of likely N-dealkylation sites (N-methyl/N-ethyl adjacent to an activating group) is 1. The molecule has 2 aromatic carbocycles. The topological polar surface area (TPSA) is 108 Å². The molecule has 3 aliphatic heterocycles. The number of ether oxygens (including phenoxy) is 4. The molecule has 2 N–H and O–H groups in total. The Morgan fingerprint density at radius 2 is 1.29 bits per heavy atom. The van der Waals surface area contributed by atoms with Crippen LogP contribution < -0.4 is 18.9 Å². The van der Waals surface area contributed by atoms with Gasteiger partial charge in [-0.25, -0.2) is 0 Å². The van der Waals surface area contributed by atoms with Crippen molar-refractivity contribution in [1.29, 1.82) is 5.26 Å². The third-order valence-corrected chi connectivity index (χ3v) is 9.05. The van der Waals surface area contributed by atoms with Gasteiger partial charge in [0, 0.05) is 51.5 Å². The minimum atomic E-state index is -0.445. The van der Waals surface area contributed by atoms with Gasteiger partial charge >= 0.3 is 0 Å². The Labute approximate surface area is 224 Å². The molecule has 0 unspecified atom stereocenters. The van der Waals surface area contributed by atoms with Crippen LogP contribution in [0.3, 0.4) is 0 Å². The number of hydrogen-bond acceptors (Lipinski definition) is 9. The molecule has 2 bridgehead atoms. The van der Waals surface area contributed by atoms with Crippen molar-refractivity contribution in [3.63, 3.8) is 0 Å². The lowest BCUT2D eigenvalue weighted by Gasteiger charge is -2.60. The summed E-state index contributed by atoms with van der Waals surface area (Å²) in [6.07, 6.45) is 1.74. The average molecular weight is 524 g/mol. The summed E-state index contributed by atoms with van der Waals surface area (Å²) in [5.74, 6) is 2.40. The second-order valence-electron chi connectivity index (χ2n) is 10.5. The summed E-state index contributed by atoms with van der Waals surface area (Å²) in [7, 11) is 8.39. The Balaban J connectivity index is 1.82. The standard InChI is InChI=1S/C29H37N3O6/c1-9-17-21-15(26(35-5)13(2)28(37-7)24(21)33)11-19-23-22-16(10-18(31(23)4)20(12-30)32(17)19)27(36-6)14(3)29(38-8)25(22)34/h17-20,23,33-34H,9-11H2,1-8H3/t17-,18-,19-,20-,23-/m0/s1. The molecule has 0 aliphatic carbocycles. The molecule has 9 heteroatoms. The van der Waals surface area contributed by atoms with E-state index in [9.17, 15) is 15.5 Å². The van der Waals surface area contributed by atoms with Gasteiger partial charge in [0.15, 0.2) is 23.0 Å². The summed E-state index contributed by atoms with van der Waals surface area (Å²) in [4.78, 5) is 4.48. The second kappa shape index (κ2) is 9.44. The fourth-order valence-electron chi connectivity index (χ4n) is 7.62. The van der Waals surface area contributed by atoms with Gasteiger partial charge in [-0.15, -0.1) is 0 Å². The Kier molecular flexibility index (Phi) is 6.52. The number of nitriles is 1. The zero-order valence-electron chi connectivity index (χ0n) is 23.4. The van der Waals surface area contributed by atoms with E-state index < -0.39 is 6.04 Å². The van der Waals surface area contributed by atoms with Crippen LogP contribution in [-0.4, -0.2) is 73.6 Å². The van der Waals surface area contributed by atoms with Crippen molar-refractivity contribution in [2.24, 2.45) is 0 Å². The van der Waals surface area contributed by atoms with Crippen molar-refractivity contribution in [2.75, 3.05) is 35.5 Å². The number of phenols is 2. The quantitative estimate of drug-likeness (QED) is 0.603. The van der Waals surface area contributed by atoms with Crippen LogP contribution >= 0.6 is 0 Å². The molecule has 0 amide bonds. The molecule has 0 saturated carbocycles. The van der Waals surface area contributed by atoms with Crippen molar-refractivity contribution in [3.8, 4) is 40.6 Å². The summed E-state index contributed by atoms with van der Waals surface area (Å²) in [5.41, 5.74) is 4.86. The molecule has 38 heavy (non-hydrogen) atoms. The van der Waals surface area contributed by atoms with Crippen LogP contribution in [0.5, 0.6) is 34.5 Å². The van der Waals surface area contributed by atoms with Gasteiger partial charge in [-0.2, -0.15) is 5.26 Å². The zero-order valence-corrected chi connectivity index (χ0v) is 23.4. The number of piperazine rings is 1. The number of nitrogens with zero attached hydrogens (tertiary/aromatic N) is 3. The van der Waals surface area contributed by atoms with Crippen LogP contribution in [0.4, 0.5) is 0 Å². The van der Waals surface area contributed by atoms with Gasteiger partial charge in [0.1, 0.15) is 17.5 Å². The molecule has 5 atom stereocenters. The summed E-state index contributed by atoms with van der Waals surface area (Å²) < 4.78 is 23.0. The normalized spacial score (nSPS) is 26.0. The van der Waals surface area contributed by atoms with Crippen molar-refractivity contribution >= 4 is 0 Å². The molecule has 3 heterocycles. The first-order valence-electron chi connectivity index (χ1n) is 13.0. The smallest absolute Gasteiger partial charge is 0.167 e. The molecule has 5 rings (SSSR count). The molecule has 0 aromatic heterocycles. The largest absolute Gasteiger partial charge is 0.504 e. The van der Waals surface area contributed by atoms with E-state index in [0.29, 0.717) is 42.3 Å². The summed E-state index contributed by atoms with van der Waals surface area (Å²) >= 11 is 0. The lowest BCUT2D eigenvalue weighted by Crippen LogP contribution is -2.68. The number of phenolic OH excluding ortho intramolecular Hbond substituents is 2. The van der Waals surface area contributed by atoms with Gasteiger partial charge in [0.2, 0.25) is 0 Å². The lowest BCUT2D eigenvalue weighted by atomic mass is 9.71. The average Bonchev–Trinajstić information content (AvgIpc) is 2.89. The van der Waals surface area contributed by atoms with Gasteiger partial charge in [-0.3, -0.25) is 9.80 Å². The van der Waals surface area contributed by atoms with E-state index in [0.717, 1.165) is 33.4 Å². The van der Waals surface area contributed by atoms with E-state index in [1.807, 2.05) is 20.9 Å². The summed E-state index contributed by atoms with van der Waals surface area (Å²) in [5, 5.41) is 33.6. The molecule has 1 saturated heterocycles. The molecule has 1 fully saturated rings. The van der Waals surface area contributed by atoms with Crippen LogP contribution in [0.25, 0.3) is 0 Å². The molecule has 2 aromatic rings. The van der Waals surface area contributed by atoms with Gasteiger partial charge in [-0.05, 0) is 40.2 Å². The molecular formula is C29H37N3O6. The molecule has 9 nitrogen and oxygen atoms in total. The summed E-state index contributed by atoms with van der Waals surface area (Å²) in [6, 6.07) is 1.36. The van der Waals surface area contributed by atoms with Gasteiger partial charge < -0.3 is 29.2 Å². The van der Waals surface area contributed by atoms with Crippen molar-refractivity contribution in [2.45, 2.75) is 70.2 Å². The maximum absolute atomic E-state index is 11.6. The molecule has 0 spiro atoms. The van der Waals surface area contributed by atoms with Crippen LogP contribution in [0.2, 0.25) is 0 Å². The number of benzene rings is 2. The van der Waals surface area contributed by atoms with Crippen LogP contribution in [0, 0.1) is 25.2 Å². The highest BCUT2D eigenvalue weighted by Gasteiger charge is 2.56. The highest BCUT2D eigenvalue weighted by atomic mass is 16.5. The Morgan fingerprint density at radius 3 is 1.76 bits per heavy atom. The monoisotopic (exact) mass is 523 g/mol. The number of hydrogen-bond donors (Lipinski definition) is 2. The van der Waals surface area contributed by atoms with Crippen LogP contribution in [0.1, 0.15) is 58.8 Å². The van der Waals surface area contributed by atoms with Gasteiger partial charge in [-0.1, -0.05) is 6.92 Å². The van der Waals surface area contributed by atoms with Crippen LogP contribution in [-0.2, 0) is 12.8 Å². The molecular weight excluding hydrogens is 486 g/mol. The number of methoxy groups -OCH3 is 4. The molecule has 0 radical (unpaired) electrons. The minimum absolute atomic E-state index is 0.106. The first-order chi connectivity index (χ1) is 18.2. The fourth-order valence-corrected chi connectivity index (χ4v) is 7.62. The molecule has 204 valence electrons. The highest BCUT2D eigenvalue weighted by molar-refractivity contribution is 5.67. The predicted molar refractivity (Wildman–Crippen MR) is 142 cm³/mol. The first kappa shape index (κ1) is 26.3. The number of aromatic hydroxyl groups is 2. The zero-order chi connectivity index (χ0) is 27.6.